The van der Waals surface area contributed by atoms with E-state index in [4.69, 9.17) is 9.15 Å². The first-order valence-corrected chi connectivity index (χ1v) is 6.58. The molecule has 106 valence electrons. The van der Waals surface area contributed by atoms with E-state index in [1.54, 1.807) is 25.8 Å². The van der Waals surface area contributed by atoms with Gasteiger partial charge < -0.3 is 14.5 Å². The Labute approximate surface area is 122 Å². The molecular formula is C16H15N3O2. The fourth-order valence-corrected chi connectivity index (χ4v) is 1.93. The molecule has 5 heteroatoms. The fourth-order valence-electron chi connectivity index (χ4n) is 1.93. The monoisotopic (exact) mass is 281 g/mol. The summed E-state index contributed by atoms with van der Waals surface area (Å²) in [4.78, 5) is 8.60. The molecule has 0 saturated carbocycles. The Morgan fingerprint density at radius 2 is 1.81 bits per heavy atom. The number of ether oxygens (including phenoxy) is 1. The van der Waals surface area contributed by atoms with Crippen LogP contribution in [0.15, 0.2) is 59.5 Å². The first-order valence-electron chi connectivity index (χ1n) is 6.58. The zero-order valence-corrected chi connectivity index (χ0v) is 11.6. The topological polar surface area (TPSA) is 60.2 Å². The molecule has 21 heavy (non-hydrogen) atoms. The molecule has 1 N–H and O–H groups in total. The van der Waals surface area contributed by atoms with Gasteiger partial charge in [-0.05, 0) is 29.8 Å². The molecule has 3 rings (SSSR count). The molecule has 2 aromatic heterocycles. The van der Waals surface area contributed by atoms with Crippen LogP contribution in [0.3, 0.4) is 0 Å². The molecule has 1 aromatic carbocycles. The Kier molecular flexibility index (Phi) is 3.82. The third kappa shape index (κ3) is 3.20. The second-order valence-electron chi connectivity index (χ2n) is 4.46. The molecule has 2 heterocycles. The van der Waals surface area contributed by atoms with Crippen molar-refractivity contribution < 1.29 is 9.15 Å². The van der Waals surface area contributed by atoms with Crippen molar-refractivity contribution in [2.24, 2.45) is 0 Å². The zero-order chi connectivity index (χ0) is 14.5. The highest BCUT2D eigenvalue weighted by molar-refractivity contribution is 5.62. The predicted octanol–water partition coefficient (Wildman–Crippen LogP) is 3.36. The van der Waals surface area contributed by atoms with Gasteiger partial charge in [-0.1, -0.05) is 12.1 Å². The van der Waals surface area contributed by atoms with Crippen LogP contribution in [0.4, 0.5) is 5.95 Å². The molecule has 5 nitrogen and oxygen atoms in total. The van der Waals surface area contributed by atoms with E-state index in [2.05, 4.69) is 15.3 Å². The van der Waals surface area contributed by atoms with Crippen LogP contribution in [0.25, 0.3) is 11.1 Å². The summed E-state index contributed by atoms with van der Waals surface area (Å²) in [6, 6.07) is 11.5. The van der Waals surface area contributed by atoms with Crippen LogP contribution in [0.5, 0.6) is 5.75 Å². The number of hydrogen-bond donors (Lipinski definition) is 1. The second kappa shape index (κ2) is 6.09. The molecule has 0 amide bonds. The molecule has 0 saturated heterocycles. The van der Waals surface area contributed by atoms with Crippen LogP contribution in [-0.4, -0.2) is 17.1 Å². The Bertz CT molecular complexity index is 677. The zero-order valence-electron chi connectivity index (χ0n) is 11.6. The van der Waals surface area contributed by atoms with Gasteiger partial charge >= 0.3 is 0 Å². The number of nitrogens with zero attached hydrogens (tertiary/aromatic N) is 2. The summed E-state index contributed by atoms with van der Waals surface area (Å²) in [7, 11) is 1.65. The standard InChI is InChI=1S/C16H15N3O2/c1-20-14-6-4-12(5-7-14)13-9-17-16(18-10-13)19-11-15-3-2-8-21-15/h2-10H,11H2,1H3,(H,17,18,19). The summed E-state index contributed by atoms with van der Waals surface area (Å²) in [6.45, 7) is 0.564. The van der Waals surface area contributed by atoms with E-state index in [9.17, 15) is 0 Å². The van der Waals surface area contributed by atoms with Crippen LogP contribution in [-0.2, 0) is 6.54 Å². The van der Waals surface area contributed by atoms with Gasteiger partial charge in [-0.3, -0.25) is 0 Å². The predicted molar refractivity (Wildman–Crippen MR) is 80.1 cm³/mol. The van der Waals surface area contributed by atoms with Crippen molar-refractivity contribution >= 4 is 5.95 Å². The molecule has 0 unspecified atom stereocenters. The maximum Gasteiger partial charge on any atom is 0.222 e. The van der Waals surface area contributed by atoms with Crippen molar-refractivity contribution in [2.45, 2.75) is 6.54 Å². The normalized spacial score (nSPS) is 10.3. The van der Waals surface area contributed by atoms with E-state index in [0.29, 0.717) is 12.5 Å². The minimum absolute atomic E-state index is 0.564. The number of furan rings is 1. The average Bonchev–Trinajstić information content (AvgIpc) is 3.07. The lowest BCUT2D eigenvalue weighted by Gasteiger charge is -2.05. The number of methoxy groups -OCH3 is 1. The van der Waals surface area contributed by atoms with Gasteiger partial charge in [-0.15, -0.1) is 0 Å². The smallest absolute Gasteiger partial charge is 0.222 e. The summed E-state index contributed by atoms with van der Waals surface area (Å²) < 4.78 is 10.4. The molecule has 0 aliphatic heterocycles. The number of nitrogens with one attached hydrogen (secondary N) is 1. The van der Waals surface area contributed by atoms with Gasteiger partial charge in [-0.2, -0.15) is 0 Å². The molecule has 0 aliphatic carbocycles. The van der Waals surface area contributed by atoms with Crippen LogP contribution in [0, 0.1) is 0 Å². The van der Waals surface area contributed by atoms with E-state index in [0.717, 1.165) is 22.6 Å². The maximum absolute atomic E-state index is 5.24. The van der Waals surface area contributed by atoms with Gasteiger partial charge in [0, 0.05) is 18.0 Å². The number of hydrogen-bond acceptors (Lipinski definition) is 5. The van der Waals surface area contributed by atoms with Gasteiger partial charge in [0.15, 0.2) is 0 Å². The van der Waals surface area contributed by atoms with Crippen molar-refractivity contribution in [3.8, 4) is 16.9 Å². The van der Waals surface area contributed by atoms with E-state index in [1.165, 1.54) is 0 Å². The maximum atomic E-state index is 5.24. The van der Waals surface area contributed by atoms with Crippen LogP contribution >= 0.6 is 0 Å². The van der Waals surface area contributed by atoms with Crippen molar-refractivity contribution in [1.29, 1.82) is 0 Å². The lowest BCUT2D eigenvalue weighted by molar-refractivity contribution is 0.415. The van der Waals surface area contributed by atoms with Gasteiger partial charge in [0.2, 0.25) is 5.95 Å². The molecule has 0 spiro atoms. The molecule has 0 aliphatic rings. The molecule has 0 radical (unpaired) electrons. The first kappa shape index (κ1) is 13.2. The summed E-state index contributed by atoms with van der Waals surface area (Å²) in [5.41, 5.74) is 2.01. The highest BCUT2D eigenvalue weighted by atomic mass is 16.5. The highest BCUT2D eigenvalue weighted by Gasteiger charge is 2.02. The lowest BCUT2D eigenvalue weighted by atomic mass is 10.1. The van der Waals surface area contributed by atoms with Crippen molar-refractivity contribution in [3.05, 3.63) is 60.8 Å². The molecule has 0 fully saturated rings. The van der Waals surface area contributed by atoms with Crippen molar-refractivity contribution in [2.75, 3.05) is 12.4 Å². The third-order valence-electron chi connectivity index (χ3n) is 3.08. The van der Waals surface area contributed by atoms with Crippen LogP contribution in [0.2, 0.25) is 0 Å². The lowest BCUT2D eigenvalue weighted by Crippen LogP contribution is -2.02. The van der Waals surface area contributed by atoms with Crippen LogP contribution < -0.4 is 10.1 Å². The van der Waals surface area contributed by atoms with Gasteiger partial charge in [0.25, 0.3) is 0 Å². The van der Waals surface area contributed by atoms with Crippen molar-refractivity contribution in [1.82, 2.24) is 9.97 Å². The summed E-state index contributed by atoms with van der Waals surface area (Å²) in [6.07, 6.45) is 5.23. The van der Waals surface area contributed by atoms with Crippen LogP contribution in [0.1, 0.15) is 5.76 Å². The largest absolute Gasteiger partial charge is 0.497 e. The number of rotatable bonds is 5. The summed E-state index contributed by atoms with van der Waals surface area (Å²) in [5.74, 6) is 2.25. The summed E-state index contributed by atoms with van der Waals surface area (Å²) >= 11 is 0. The Morgan fingerprint density at radius 1 is 1.05 bits per heavy atom. The van der Waals surface area contributed by atoms with E-state index in [-0.39, 0.29) is 0 Å². The average molecular weight is 281 g/mol. The van der Waals surface area contributed by atoms with E-state index < -0.39 is 0 Å². The number of anilines is 1. The van der Waals surface area contributed by atoms with Gasteiger partial charge in [0.05, 0.1) is 19.9 Å². The number of aromatic nitrogens is 2. The fraction of sp³-hybridized carbons (Fsp3) is 0.125. The first-order chi connectivity index (χ1) is 10.3. The molecular weight excluding hydrogens is 266 g/mol. The Hall–Kier alpha value is -2.82. The van der Waals surface area contributed by atoms with Gasteiger partial charge in [-0.25, -0.2) is 9.97 Å². The highest BCUT2D eigenvalue weighted by Crippen LogP contribution is 2.21. The third-order valence-corrected chi connectivity index (χ3v) is 3.08. The minimum Gasteiger partial charge on any atom is -0.497 e. The molecule has 0 bridgehead atoms. The van der Waals surface area contributed by atoms with E-state index >= 15 is 0 Å². The Balaban J connectivity index is 1.68. The van der Waals surface area contributed by atoms with Crippen molar-refractivity contribution in [3.63, 3.8) is 0 Å². The second-order valence-corrected chi connectivity index (χ2v) is 4.46. The Morgan fingerprint density at radius 3 is 2.43 bits per heavy atom. The quantitative estimate of drug-likeness (QED) is 0.777. The van der Waals surface area contributed by atoms with E-state index in [1.807, 2.05) is 36.4 Å². The van der Waals surface area contributed by atoms with Gasteiger partial charge in [0.1, 0.15) is 11.5 Å². The molecule has 3 aromatic rings. The molecule has 0 atom stereocenters. The SMILES string of the molecule is COc1ccc(-c2cnc(NCc3ccco3)nc2)cc1. The number of benzene rings is 1. The summed E-state index contributed by atoms with van der Waals surface area (Å²) in [5, 5.41) is 3.11. The minimum atomic E-state index is 0.564.